The molecule has 1 N–H and O–H groups in total. The Morgan fingerprint density at radius 1 is 1.12 bits per heavy atom. The van der Waals surface area contributed by atoms with Gasteiger partial charge in [-0.2, -0.15) is 0 Å². The quantitative estimate of drug-likeness (QED) is 0.532. The van der Waals surface area contributed by atoms with Gasteiger partial charge in [0.15, 0.2) is 23.1 Å². The maximum atomic E-state index is 12.1. The van der Waals surface area contributed by atoms with E-state index in [-0.39, 0.29) is 18.7 Å². The predicted octanol–water partition coefficient (Wildman–Crippen LogP) is 4.40. The molecule has 0 saturated carbocycles. The monoisotopic (exact) mass is 468 g/mol. The third-order valence-electron chi connectivity index (χ3n) is 6.03. The summed E-state index contributed by atoms with van der Waals surface area (Å²) in [7, 11) is 0. The van der Waals surface area contributed by atoms with E-state index in [4.69, 9.17) is 25.8 Å². The number of nitrogens with zero attached hydrogens (tertiary/aromatic N) is 3. The molecule has 0 unspecified atom stereocenters. The highest BCUT2D eigenvalue weighted by atomic mass is 35.5. The molecule has 3 aromatic rings. The topological polar surface area (TPSA) is 85.8 Å². The molecule has 1 fully saturated rings. The minimum Gasteiger partial charge on any atom is -0.466 e. The second-order valence-corrected chi connectivity index (χ2v) is 8.55. The number of hydrogen-bond donors (Lipinski definition) is 1. The van der Waals surface area contributed by atoms with Gasteiger partial charge in [-0.1, -0.05) is 17.7 Å². The Balaban J connectivity index is 1.36. The van der Waals surface area contributed by atoms with Gasteiger partial charge < -0.3 is 24.4 Å². The van der Waals surface area contributed by atoms with Crippen molar-refractivity contribution in [1.82, 2.24) is 10.2 Å². The minimum absolute atomic E-state index is 0.0633. The Morgan fingerprint density at radius 3 is 2.76 bits per heavy atom. The molecule has 8 nitrogen and oxygen atoms in total. The second kappa shape index (κ2) is 9.31. The first kappa shape index (κ1) is 21.6. The van der Waals surface area contributed by atoms with Gasteiger partial charge in [0, 0.05) is 35.4 Å². The van der Waals surface area contributed by atoms with Crippen LogP contribution in [0.5, 0.6) is 11.5 Å². The molecular weight excluding hydrogens is 444 g/mol. The number of esters is 1. The fourth-order valence-corrected chi connectivity index (χ4v) is 4.47. The Bertz CT molecular complexity index is 1180. The van der Waals surface area contributed by atoms with Crippen LogP contribution in [0.4, 0.5) is 11.6 Å². The van der Waals surface area contributed by atoms with Gasteiger partial charge in [0.1, 0.15) is 0 Å². The molecule has 0 amide bonds. The Hall–Kier alpha value is -3.26. The number of anilines is 2. The van der Waals surface area contributed by atoms with Gasteiger partial charge in [0.25, 0.3) is 0 Å². The molecule has 5 rings (SSSR count). The lowest BCUT2D eigenvalue weighted by atomic mass is 9.96. The van der Waals surface area contributed by atoms with E-state index in [0.29, 0.717) is 37.1 Å². The average Bonchev–Trinajstić information content (AvgIpc) is 3.30. The summed E-state index contributed by atoms with van der Waals surface area (Å²) in [4.78, 5) is 14.3. The molecule has 1 saturated heterocycles. The van der Waals surface area contributed by atoms with Crippen LogP contribution in [0.2, 0.25) is 5.02 Å². The maximum absolute atomic E-state index is 12.1. The Kier molecular flexibility index (Phi) is 6.09. The summed E-state index contributed by atoms with van der Waals surface area (Å²) >= 11 is 6.33. The Morgan fingerprint density at radius 2 is 1.94 bits per heavy atom. The summed E-state index contributed by atoms with van der Waals surface area (Å²) in [6.07, 6.45) is 1.46. The lowest BCUT2D eigenvalue weighted by Gasteiger charge is -2.32. The number of benzene rings is 2. The summed E-state index contributed by atoms with van der Waals surface area (Å²) in [6.45, 7) is 4.48. The van der Waals surface area contributed by atoms with E-state index < -0.39 is 0 Å². The SMILES string of the molecule is CCOC(=O)C1CCN(c2nnc(NCc3ccc4c(c3)OCO4)c3ccc(Cl)cc23)CC1. The van der Waals surface area contributed by atoms with Crippen LogP contribution >= 0.6 is 11.6 Å². The summed E-state index contributed by atoms with van der Waals surface area (Å²) in [5, 5.41) is 14.9. The number of hydrogen-bond acceptors (Lipinski definition) is 8. The number of rotatable bonds is 6. The molecule has 33 heavy (non-hydrogen) atoms. The van der Waals surface area contributed by atoms with E-state index >= 15 is 0 Å². The van der Waals surface area contributed by atoms with Gasteiger partial charge in [0.05, 0.1) is 12.5 Å². The molecule has 0 bridgehead atoms. The fraction of sp³-hybridized carbons (Fsp3) is 0.375. The molecule has 172 valence electrons. The molecule has 3 heterocycles. The van der Waals surface area contributed by atoms with Crippen LogP contribution in [0, 0.1) is 5.92 Å². The van der Waals surface area contributed by atoms with Gasteiger partial charge >= 0.3 is 5.97 Å². The molecule has 2 aliphatic rings. The molecule has 1 aromatic heterocycles. The van der Waals surface area contributed by atoms with Gasteiger partial charge in [-0.25, -0.2) is 0 Å². The van der Waals surface area contributed by atoms with Crippen LogP contribution in [0.25, 0.3) is 10.8 Å². The lowest BCUT2D eigenvalue weighted by Crippen LogP contribution is -2.37. The van der Waals surface area contributed by atoms with E-state index in [1.54, 1.807) is 0 Å². The zero-order valence-electron chi connectivity index (χ0n) is 18.3. The molecule has 2 aromatic carbocycles. The third-order valence-corrected chi connectivity index (χ3v) is 6.27. The number of fused-ring (bicyclic) bond motifs is 2. The molecular formula is C24H25ClN4O4. The van der Waals surface area contributed by atoms with Crippen LogP contribution in [0.3, 0.4) is 0 Å². The summed E-state index contributed by atoms with van der Waals surface area (Å²) < 4.78 is 16.0. The smallest absolute Gasteiger partial charge is 0.309 e. The van der Waals surface area contributed by atoms with E-state index in [1.807, 2.05) is 43.3 Å². The first-order valence-electron chi connectivity index (χ1n) is 11.1. The average molecular weight is 469 g/mol. The normalized spacial score (nSPS) is 15.6. The van der Waals surface area contributed by atoms with Gasteiger partial charge in [-0.05, 0) is 55.7 Å². The second-order valence-electron chi connectivity index (χ2n) is 8.12. The summed E-state index contributed by atoms with van der Waals surface area (Å²) in [5.74, 6) is 2.80. The highest BCUT2D eigenvalue weighted by Crippen LogP contribution is 2.35. The lowest BCUT2D eigenvalue weighted by molar-refractivity contribution is -0.148. The largest absolute Gasteiger partial charge is 0.466 e. The zero-order valence-corrected chi connectivity index (χ0v) is 19.1. The van der Waals surface area contributed by atoms with Crippen molar-refractivity contribution in [2.24, 2.45) is 5.92 Å². The number of nitrogens with one attached hydrogen (secondary N) is 1. The van der Waals surface area contributed by atoms with Crippen molar-refractivity contribution in [3.63, 3.8) is 0 Å². The first-order chi connectivity index (χ1) is 16.1. The summed E-state index contributed by atoms with van der Waals surface area (Å²) in [6, 6.07) is 11.6. The standard InChI is InChI=1S/C24H25ClN4O4/c1-2-31-24(30)16-7-9-29(10-8-16)23-19-12-17(25)4-5-18(19)22(27-28-23)26-13-15-3-6-20-21(11-15)33-14-32-20/h3-6,11-12,16H,2,7-10,13-14H2,1H3,(H,26,27). The highest BCUT2D eigenvalue weighted by Gasteiger charge is 2.28. The van der Waals surface area contributed by atoms with E-state index in [0.717, 1.165) is 46.5 Å². The van der Waals surface area contributed by atoms with E-state index in [2.05, 4.69) is 20.4 Å². The van der Waals surface area contributed by atoms with E-state index in [9.17, 15) is 4.79 Å². The maximum Gasteiger partial charge on any atom is 0.309 e. The molecule has 0 atom stereocenters. The molecule has 2 aliphatic heterocycles. The minimum atomic E-state index is -0.112. The van der Waals surface area contributed by atoms with Gasteiger partial charge in [0.2, 0.25) is 6.79 Å². The predicted molar refractivity (Wildman–Crippen MR) is 126 cm³/mol. The van der Waals surface area contributed by atoms with Crippen molar-refractivity contribution in [1.29, 1.82) is 0 Å². The van der Waals surface area contributed by atoms with Crippen molar-refractivity contribution in [2.75, 3.05) is 36.7 Å². The molecule has 0 aliphatic carbocycles. The van der Waals surface area contributed by atoms with Gasteiger partial charge in [-0.15, -0.1) is 10.2 Å². The van der Waals surface area contributed by atoms with Crippen molar-refractivity contribution in [3.05, 3.63) is 47.0 Å². The van der Waals surface area contributed by atoms with Crippen LogP contribution in [0.1, 0.15) is 25.3 Å². The zero-order chi connectivity index (χ0) is 22.8. The van der Waals surface area contributed by atoms with Crippen LogP contribution < -0.4 is 19.7 Å². The number of halogens is 1. The highest BCUT2D eigenvalue weighted by molar-refractivity contribution is 6.31. The number of carbonyl (C=O) groups excluding carboxylic acids is 1. The molecule has 0 radical (unpaired) electrons. The van der Waals surface area contributed by atoms with Gasteiger partial charge in [-0.3, -0.25) is 4.79 Å². The number of ether oxygens (including phenoxy) is 3. The third kappa shape index (κ3) is 4.48. The first-order valence-corrected chi connectivity index (χ1v) is 11.5. The van der Waals surface area contributed by atoms with Crippen LogP contribution in [-0.4, -0.2) is 42.7 Å². The Labute approximate surface area is 196 Å². The van der Waals surface area contributed by atoms with Crippen molar-refractivity contribution in [3.8, 4) is 11.5 Å². The molecule has 9 heteroatoms. The van der Waals surface area contributed by atoms with Crippen molar-refractivity contribution >= 4 is 40.0 Å². The fourth-order valence-electron chi connectivity index (χ4n) is 4.30. The van der Waals surface area contributed by atoms with Crippen molar-refractivity contribution < 1.29 is 19.0 Å². The molecule has 0 spiro atoms. The number of aromatic nitrogens is 2. The van der Waals surface area contributed by atoms with Crippen molar-refractivity contribution in [2.45, 2.75) is 26.3 Å². The number of piperidine rings is 1. The number of carbonyl (C=O) groups is 1. The van der Waals surface area contributed by atoms with E-state index in [1.165, 1.54) is 0 Å². The van der Waals surface area contributed by atoms with Crippen LogP contribution in [0.15, 0.2) is 36.4 Å². The van der Waals surface area contributed by atoms with Crippen LogP contribution in [-0.2, 0) is 16.1 Å². The summed E-state index contributed by atoms with van der Waals surface area (Å²) in [5.41, 5.74) is 1.05.